The molecule has 0 fully saturated rings. The average Bonchev–Trinajstić information content (AvgIpc) is 2.83. The van der Waals surface area contributed by atoms with Crippen LogP contribution in [-0.2, 0) is 16.0 Å². The SMILES string of the molecule is CCCCN1C(=O)NC(c2cccc(NC(=O)c3ccc(CC)cc3)c2)C(C(=O)OC)=C1C. The number of allylic oxidation sites excluding steroid dienone is 1. The molecule has 2 aromatic rings. The third kappa shape index (κ3) is 5.42. The molecular formula is C26H31N3O4. The number of esters is 1. The number of nitrogens with one attached hydrogen (secondary N) is 2. The van der Waals surface area contributed by atoms with Crippen LogP contribution >= 0.6 is 0 Å². The number of rotatable bonds is 8. The van der Waals surface area contributed by atoms with Crippen LogP contribution in [-0.4, -0.2) is 36.5 Å². The van der Waals surface area contributed by atoms with Gasteiger partial charge in [-0.25, -0.2) is 9.59 Å². The second kappa shape index (κ2) is 10.8. The molecule has 3 rings (SSSR count). The highest BCUT2D eigenvalue weighted by molar-refractivity contribution is 6.04. The van der Waals surface area contributed by atoms with Gasteiger partial charge >= 0.3 is 12.0 Å². The van der Waals surface area contributed by atoms with E-state index in [0.717, 1.165) is 24.8 Å². The zero-order valence-corrected chi connectivity index (χ0v) is 19.6. The lowest BCUT2D eigenvalue weighted by Crippen LogP contribution is -2.48. The second-order valence-corrected chi connectivity index (χ2v) is 8.01. The number of nitrogens with zero attached hydrogens (tertiary/aromatic N) is 1. The molecule has 2 aromatic carbocycles. The first-order chi connectivity index (χ1) is 15.9. The van der Waals surface area contributed by atoms with Crippen LogP contribution in [0.15, 0.2) is 59.8 Å². The van der Waals surface area contributed by atoms with E-state index < -0.39 is 12.0 Å². The van der Waals surface area contributed by atoms with Gasteiger partial charge in [0.25, 0.3) is 5.91 Å². The van der Waals surface area contributed by atoms with Gasteiger partial charge < -0.3 is 15.4 Å². The normalized spacial score (nSPS) is 15.8. The molecule has 0 aromatic heterocycles. The van der Waals surface area contributed by atoms with Crippen LogP contribution < -0.4 is 10.6 Å². The summed E-state index contributed by atoms with van der Waals surface area (Å²) in [6.07, 6.45) is 2.66. The van der Waals surface area contributed by atoms with Gasteiger partial charge in [-0.05, 0) is 55.2 Å². The molecule has 0 saturated carbocycles. The van der Waals surface area contributed by atoms with E-state index in [9.17, 15) is 14.4 Å². The molecule has 1 aliphatic heterocycles. The first kappa shape index (κ1) is 24.0. The minimum absolute atomic E-state index is 0.229. The van der Waals surface area contributed by atoms with Crippen molar-refractivity contribution in [3.05, 3.63) is 76.5 Å². The molecule has 2 N–H and O–H groups in total. The average molecular weight is 450 g/mol. The van der Waals surface area contributed by atoms with E-state index in [2.05, 4.69) is 17.6 Å². The van der Waals surface area contributed by atoms with Crippen molar-refractivity contribution in [3.8, 4) is 0 Å². The highest BCUT2D eigenvalue weighted by Crippen LogP contribution is 2.32. The number of methoxy groups -OCH3 is 1. The Labute approximate surface area is 194 Å². The van der Waals surface area contributed by atoms with Gasteiger partial charge in [0.2, 0.25) is 0 Å². The molecule has 0 saturated heterocycles. The lowest BCUT2D eigenvalue weighted by molar-refractivity contribution is -0.136. The summed E-state index contributed by atoms with van der Waals surface area (Å²) in [7, 11) is 1.33. The first-order valence-electron chi connectivity index (χ1n) is 11.3. The molecule has 0 spiro atoms. The quantitative estimate of drug-likeness (QED) is 0.566. The zero-order valence-electron chi connectivity index (χ0n) is 19.6. The van der Waals surface area contributed by atoms with Gasteiger partial charge in [0.05, 0.1) is 18.7 Å². The summed E-state index contributed by atoms with van der Waals surface area (Å²) in [5.41, 5.74) is 3.92. The topological polar surface area (TPSA) is 87.7 Å². The summed E-state index contributed by atoms with van der Waals surface area (Å²) >= 11 is 0. The van der Waals surface area contributed by atoms with Gasteiger partial charge in [-0.3, -0.25) is 9.69 Å². The molecule has 33 heavy (non-hydrogen) atoms. The smallest absolute Gasteiger partial charge is 0.337 e. The summed E-state index contributed by atoms with van der Waals surface area (Å²) < 4.78 is 5.03. The number of urea groups is 1. The Bertz CT molecular complexity index is 1060. The number of carbonyl (C=O) groups excluding carboxylic acids is 3. The number of amides is 3. The number of hydrogen-bond donors (Lipinski definition) is 2. The van der Waals surface area contributed by atoms with Crippen molar-refractivity contribution in [1.29, 1.82) is 0 Å². The van der Waals surface area contributed by atoms with E-state index in [-0.39, 0.29) is 11.9 Å². The summed E-state index contributed by atoms with van der Waals surface area (Å²) in [6.45, 7) is 6.39. The van der Waals surface area contributed by atoms with E-state index in [4.69, 9.17) is 4.74 Å². The second-order valence-electron chi connectivity index (χ2n) is 8.01. The van der Waals surface area contributed by atoms with Crippen LogP contribution in [0.1, 0.15) is 61.1 Å². The number of benzene rings is 2. The largest absolute Gasteiger partial charge is 0.466 e. The van der Waals surface area contributed by atoms with Crippen molar-refractivity contribution in [1.82, 2.24) is 10.2 Å². The van der Waals surface area contributed by atoms with Crippen molar-refractivity contribution in [2.75, 3.05) is 19.0 Å². The van der Waals surface area contributed by atoms with Gasteiger partial charge in [0, 0.05) is 23.5 Å². The molecule has 0 aliphatic carbocycles. The fraction of sp³-hybridized carbons (Fsp3) is 0.346. The van der Waals surface area contributed by atoms with Gasteiger partial charge in [0.1, 0.15) is 0 Å². The molecule has 1 heterocycles. The number of anilines is 1. The van der Waals surface area contributed by atoms with Crippen molar-refractivity contribution in [3.63, 3.8) is 0 Å². The molecule has 0 bridgehead atoms. The summed E-state index contributed by atoms with van der Waals surface area (Å²) in [5.74, 6) is -0.724. The van der Waals surface area contributed by atoms with Crippen LogP contribution in [0.5, 0.6) is 0 Å². The zero-order chi connectivity index (χ0) is 24.0. The molecule has 1 atom stereocenters. The number of hydrogen-bond acceptors (Lipinski definition) is 4. The van der Waals surface area contributed by atoms with Crippen molar-refractivity contribution in [2.24, 2.45) is 0 Å². The molecule has 0 radical (unpaired) electrons. The summed E-state index contributed by atoms with van der Waals surface area (Å²) in [4.78, 5) is 39.7. The third-order valence-corrected chi connectivity index (χ3v) is 5.84. The van der Waals surface area contributed by atoms with E-state index >= 15 is 0 Å². The predicted molar refractivity (Wildman–Crippen MR) is 128 cm³/mol. The lowest BCUT2D eigenvalue weighted by Gasteiger charge is -2.35. The number of unbranched alkanes of at least 4 members (excludes halogenated alkanes) is 1. The van der Waals surface area contributed by atoms with Crippen LogP contribution in [0, 0.1) is 0 Å². The molecule has 174 valence electrons. The van der Waals surface area contributed by atoms with Crippen LogP contribution in [0.4, 0.5) is 10.5 Å². The summed E-state index contributed by atoms with van der Waals surface area (Å²) in [5, 5.41) is 5.83. The van der Waals surface area contributed by atoms with E-state index in [0.29, 0.717) is 34.6 Å². The summed E-state index contributed by atoms with van der Waals surface area (Å²) in [6, 6.07) is 13.7. The maximum atomic E-state index is 12.8. The number of aryl methyl sites for hydroxylation is 1. The third-order valence-electron chi connectivity index (χ3n) is 5.84. The lowest BCUT2D eigenvalue weighted by atomic mass is 9.94. The number of ether oxygens (including phenoxy) is 1. The molecule has 7 heteroatoms. The highest BCUT2D eigenvalue weighted by Gasteiger charge is 2.36. The Hall–Kier alpha value is -3.61. The van der Waals surface area contributed by atoms with E-state index in [1.54, 1.807) is 42.2 Å². The Morgan fingerprint density at radius 3 is 2.48 bits per heavy atom. The fourth-order valence-electron chi connectivity index (χ4n) is 3.88. The minimum Gasteiger partial charge on any atom is -0.466 e. The molecule has 1 aliphatic rings. The fourth-order valence-corrected chi connectivity index (χ4v) is 3.88. The van der Waals surface area contributed by atoms with Crippen LogP contribution in [0.25, 0.3) is 0 Å². The molecular weight excluding hydrogens is 418 g/mol. The van der Waals surface area contributed by atoms with Crippen molar-refractivity contribution >= 4 is 23.6 Å². The maximum Gasteiger partial charge on any atom is 0.337 e. The van der Waals surface area contributed by atoms with E-state index in [1.165, 1.54) is 7.11 Å². The molecule has 7 nitrogen and oxygen atoms in total. The molecule has 1 unspecified atom stereocenters. The van der Waals surface area contributed by atoms with Gasteiger partial charge in [-0.2, -0.15) is 0 Å². The van der Waals surface area contributed by atoms with Crippen molar-refractivity contribution < 1.29 is 19.1 Å². The van der Waals surface area contributed by atoms with Crippen LogP contribution in [0.2, 0.25) is 0 Å². The minimum atomic E-state index is -0.677. The standard InChI is InChI=1S/C26H31N3O4/c1-5-7-15-29-17(3)22(25(31)33-4)23(28-26(29)32)20-9-8-10-21(16-20)27-24(30)19-13-11-18(6-2)12-14-19/h8-14,16,23H,5-7,15H2,1-4H3,(H,27,30)(H,28,32). The predicted octanol–water partition coefficient (Wildman–Crippen LogP) is 4.81. The Morgan fingerprint density at radius 1 is 1.12 bits per heavy atom. The Balaban J connectivity index is 1.89. The maximum absolute atomic E-state index is 12.8. The highest BCUT2D eigenvalue weighted by atomic mass is 16.5. The Kier molecular flexibility index (Phi) is 7.87. The van der Waals surface area contributed by atoms with Crippen LogP contribution in [0.3, 0.4) is 0 Å². The Morgan fingerprint density at radius 2 is 1.85 bits per heavy atom. The number of carbonyl (C=O) groups is 3. The van der Waals surface area contributed by atoms with Crippen molar-refractivity contribution in [2.45, 2.75) is 46.1 Å². The van der Waals surface area contributed by atoms with Gasteiger partial charge in [-0.1, -0.05) is 44.5 Å². The van der Waals surface area contributed by atoms with Gasteiger partial charge in [-0.15, -0.1) is 0 Å². The monoisotopic (exact) mass is 449 g/mol. The van der Waals surface area contributed by atoms with E-state index in [1.807, 2.05) is 25.1 Å². The molecule has 3 amide bonds. The van der Waals surface area contributed by atoms with Gasteiger partial charge in [0.15, 0.2) is 0 Å². The first-order valence-corrected chi connectivity index (χ1v) is 11.3.